The standard InChI is InChI=1S/C18H21N3O3/c1-2-13-8-19-11-20-18(13)24-16-3-4-17(15(7-16)10-22)14-5-6-21(9-14)12-23/h3-4,7-8,11-12,14,22H,2,5-6,9-10H2,1H3. The number of rotatable bonds is 6. The molecule has 0 aliphatic carbocycles. The van der Waals surface area contributed by atoms with Gasteiger partial charge in [-0.15, -0.1) is 0 Å². The third-order valence-corrected chi connectivity index (χ3v) is 4.44. The van der Waals surface area contributed by atoms with Crippen molar-refractivity contribution in [3.63, 3.8) is 0 Å². The van der Waals surface area contributed by atoms with E-state index in [1.807, 2.05) is 25.1 Å². The minimum absolute atomic E-state index is 0.0610. The number of aryl methyl sites for hydroxylation is 1. The Bertz CT molecular complexity index is 720. The molecular weight excluding hydrogens is 306 g/mol. The van der Waals surface area contributed by atoms with Crippen LogP contribution in [-0.2, 0) is 17.8 Å². The molecule has 1 aromatic carbocycles. The van der Waals surface area contributed by atoms with Gasteiger partial charge in [0.05, 0.1) is 6.61 Å². The minimum Gasteiger partial charge on any atom is -0.439 e. The number of carbonyl (C=O) groups is 1. The number of hydrogen-bond donors (Lipinski definition) is 1. The zero-order valence-electron chi connectivity index (χ0n) is 13.7. The Morgan fingerprint density at radius 1 is 1.42 bits per heavy atom. The van der Waals surface area contributed by atoms with Gasteiger partial charge in [0.25, 0.3) is 0 Å². The van der Waals surface area contributed by atoms with E-state index in [0.29, 0.717) is 18.2 Å². The highest BCUT2D eigenvalue weighted by Gasteiger charge is 2.24. The number of carbonyl (C=O) groups excluding carboxylic acids is 1. The van der Waals surface area contributed by atoms with Gasteiger partial charge in [-0.25, -0.2) is 9.97 Å². The van der Waals surface area contributed by atoms with Gasteiger partial charge in [-0.05, 0) is 36.1 Å². The van der Waals surface area contributed by atoms with Crippen LogP contribution in [0, 0.1) is 0 Å². The second kappa shape index (κ2) is 7.40. The van der Waals surface area contributed by atoms with E-state index in [9.17, 15) is 9.90 Å². The van der Waals surface area contributed by atoms with Gasteiger partial charge in [0.1, 0.15) is 12.1 Å². The molecule has 1 saturated heterocycles. The topological polar surface area (TPSA) is 75.6 Å². The zero-order chi connectivity index (χ0) is 16.9. The number of ether oxygens (including phenoxy) is 1. The number of aromatic nitrogens is 2. The lowest BCUT2D eigenvalue weighted by Gasteiger charge is -2.16. The molecule has 1 aliphatic heterocycles. The van der Waals surface area contributed by atoms with Crippen molar-refractivity contribution in [2.24, 2.45) is 0 Å². The first-order valence-corrected chi connectivity index (χ1v) is 8.15. The van der Waals surface area contributed by atoms with Crippen LogP contribution in [0.2, 0.25) is 0 Å². The second-order valence-corrected chi connectivity index (χ2v) is 5.91. The summed E-state index contributed by atoms with van der Waals surface area (Å²) >= 11 is 0. The van der Waals surface area contributed by atoms with Crippen molar-refractivity contribution < 1.29 is 14.6 Å². The molecular formula is C18H21N3O3. The second-order valence-electron chi connectivity index (χ2n) is 5.91. The van der Waals surface area contributed by atoms with E-state index in [-0.39, 0.29) is 12.5 Å². The molecule has 3 rings (SSSR count). The summed E-state index contributed by atoms with van der Waals surface area (Å²) in [7, 11) is 0. The Morgan fingerprint density at radius 2 is 2.29 bits per heavy atom. The van der Waals surface area contributed by atoms with E-state index >= 15 is 0 Å². The van der Waals surface area contributed by atoms with E-state index < -0.39 is 0 Å². The van der Waals surface area contributed by atoms with Crippen LogP contribution in [0.25, 0.3) is 0 Å². The summed E-state index contributed by atoms with van der Waals surface area (Å²) < 4.78 is 5.87. The van der Waals surface area contributed by atoms with Crippen molar-refractivity contribution in [1.82, 2.24) is 14.9 Å². The van der Waals surface area contributed by atoms with Crippen molar-refractivity contribution >= 4 is 6.41 Å². The van der Waals surface area contributed by atoms with Crippen molar-refractivity contribution in [3.8, 4) is 11.6 Å². The normalized spacial score (nSPS) is 17.1. The average molecular weight is 327 g/mol. The molecule has 0 radical (unpaired) electrons. The fourth-order valence-corrected chi connectivity index (χ4v) is 3.11. The predicted octanol–water partition coefficient (Wildman–Crippen LogP) is 2.27. The van der Waals surface area contributed by atoms with E-state index in [4.69, 9.17) is 4.74 Å². The molecule has 0 saturated carbocycles. The van der Waals surface area contributed by atoms with Crippen LogP contribution in [0.1, 0.15) is 36.0 Å². The molecule has 6 nitrogen and oxygen atoms in total. The number of aliphatic hydroxyl groups is 1. The number of aliphatic hydroxyl groups excluding tert-OH is 1. The van der Waals surface area contributed by atoms with Crippen molar-refractivity contribution in [2.75, 3.05) is 13.1 Å². The number of nitrogens with zero attached hydrogens (tertiary/aromatic N) is 3. The molecule has 0 spiro atoms. The van der Waals surface area contributed by atoms with Crippen LogP contribution >= 0.6 is 0 Å². The quantitative estimate of drug-likeness (QED) is 0.824. The molecule has 2 heterocycles. The lowest BCUT2D eigenvalue weighted by molar-refractivity contribution is -0.117. The average Bonchev–Trinajstić information content (AvgIpc) is 3.11. The van der Waals surface area contributed by atoms with E-state index in [2.05, 4.69) is 9.97 Å². The number of amides is 1. The summed E-state index contributed by atoms with van der Waals surface area (Å²) in [6.07, 6.45) is 5.79. The maximum absolute atomic E-state index is 10.9. The summed E-state index contributed by atoms with van der Waals surface area (Å²) in [6, 6.07) is 5.72. The Morgan fingerprint density at radius 3 is 3.00 bits per heavy atom. The molecule has 2 aromatic rings. The van der Waals surface area contributed by atoms with Gasteiger partial charge < -0.3 is 14.7 Å². The Balaban J connectivity index is 1.83. The highest BCUT2D eigenvalue weighted by molar-refractivity contribution is 5.49. The number of benzene rings is 1. The predicted molar refractivity (Wildman–Crippen MR) is 88.8 cm³/mol. The lowest BCUT2D eigenvalue weighted by Crippen LogP contribution is -2.17. The lowest BCUT2D eigenvalue weighted by atomic mass is 9.93. The summed E-state index contributed by atoms with van der Waals surface area (Å²) in [5.41, 5.74) is 2.84. The highest BCUT2D eigenvalue weighted by Crippen LogP contribution is 2.32. The van der Waals surface area contributed by atoms with E-state index in [0.717, 1.165) is 42.5 Å². The fourth-order valence-electron chi connectivity index (χ4n) is 3.11. The van der Waals surface area contributed by atoms with Crippen molar-refractivity contribution in [2.45, 2.75) is 32.3 Å². The Labute approximate surface area is 141 Å². The molecule has 1 aliphatic rings. The molecule has 1 fully saturated rings. The molecule has 6 heteroatoms. The SMILES string of the molecule is CCc1cncnc1Oc1ccc(C2CCN(C=O)C2)c(CO)c1. The third kappa shape index (κ3) is 3.38. The number of likely N-dealkylation sites (tertiary alicyclic amines) is 1. The molecule has 0 bridgehead atoms. The van der Waals surface area contributed by atoms with Crippen LogP contribution in [0.4, 0.5) is 0 Å². The van der Waals surface area contributed by atoms with Gasteiger partial charge in [0, 0.05) is 30.8 Å². The van der Waals surface area contributed by atoms with Crippen LogP contribution in [-0.4, -0.2) is 39.5 Å². The first-order valence-electron chi connectivity index (χ1n) is 8.15. The van der Waals surface area contributed by atoms with Gasteiger partial charge in [-0.2, -0.15) is 0 Å². The van der Waals surface area contributed by atoms with Gasteiger partial charge in [0.2, 0.25) is 12.3 Å². The summed E-state index contributed by atoms with van der Waals surface area (Å²) in [5.74, 6) is 1.44. The number of hydrogen-bond acceptors (Lipinski definition) is 5. The molecule has 1 atom stereocenters. The van der Waals surface area contributed by atoms with Crippen molar-refractivity contribution in [3.05, 3.63) is 47.4 Å². The molecule has 1 amide bonds. The van der Waals surface area contributed by atoms with Crippen molar-refractivity contribution in [1.29, 1.82) is 0 Å². The molecule has 1 aromatic heterocycles. The zero-order valence-corrected chi connectivity index (χ0v) is 13.7. The van der Waals surface area contributed by atoms with Crippen LogP contribution in [0.15, 0.2) is 30.7 Å². The minimum atomic E-state index is -0.0610. The van der Waals surface area contributed by atoms with Gasteiger partial charge in [0.15, 0.2) is 0 Å². The van der Waals surface area contributed by atoms with Gasteiger partial charge >= 0.3 is 0 Å². The summed E-state index contributed by atoms with van der Waals surface area (Å²) in [4.78, 5) is 20.9. The highest BCUT2D eigenvalue weighted by atomic mass is 16.5. The first-order chi connectivity index (χ1) is 11.7. The molecule has 1 N–H and O–H groups in total. The molecule has 24 heavy (non-hydrogen) atoms. The Kier molecular flexibility index (Phi) is 5.05. The monoisotopic (exact) mass is 327 g/mol. The third-order valence-electron chi connectivity index (χ3n) is 4.44. The maximum atomic E-state index is 10.9. The van der Waals surface area contributed by atoms with Crippen LogP contribution in [0.5, 0.6) is 11.6 Å². The van der Waals surface area contributed by atoms with Crippen LogP contribution < -0.4 is 4.74 Å². The smallest absolute Gasteiger partial charge is 0.225 e. The molecule has 1 unspecified atom stereocenters. The largest absolute Gasteiger partial charge is 0.439 e. The van der Waals surface area contributed by atoms with Gasteiger partial charge in [-0.1, -0.05) is 13.0 Å². The summed E-state index contributed by atoms with van der Waals surface area (Å²) in [5, 5.41) is 9.73. The van der Waals surface area contributed by atoms with Crippen LogP contribution in [0.3, 0.4) is 0 Å². The Hall–Kier alpha value is -2.47. The van der Waals surface area contributed by atoms with Gasteiger partial charge in [-0.3, -0.25) is 4.79 Å². The van der Waals surface area contributed by atoms with E-state index in [1.54, 1.807) is 11.1 Å². The first kappa shape index (κ1) is 16.4. The summed E-state index contributed by atoms with van der Waals surface area (Å²) in [6.45, 7) is 3.42. The molecule has 126 valence electrons. The maximum Gasteiger partial charge on any atom is 0.225 e. The fraction of sp³-hybridized carbons (Fsp3) is 0.389. The van der Waals surface area contributed by atoms with E-state index in [1.165, 1.54) is 6.33 Å².